The summed E-state index contributed by atoms with van der Waals surface area (Å²) >= 11 is 6.21. The van der Waals surface area contributed by atoms with Crippen LogP contribution < -0.4 is 0 Å². The van der Waals surface area contributed by atoms with Gasteiger partial charge in [-0.3, -0.25) is 0 Å². The van der Waals surface area contributed by atoms with Crippen LogP contribution >= 0.6 is 11.6 Å². The number of aromatic nitrogens is 2. The third-order valence-corrected chi connectivity index (χ3v) is 3.28. The molecule has 0 unspecified atom stereocenters. The number of carboxylic acid groups (broad SMARTS) is 1. The number of fused-ring (bicyclic) bond motifs is 1. The molecule has 0 aliphatic rings. The average Bonchev–Trinajstić information content (AvgIpc) is 2.95. The second-order valence-electron chi connectivity index (χ2n) is 4.17. The lowest BCUT2D eigenvalue weighted by molar-refractivity contribution is 0.0652. The molecule has 0 saturated heterocycles. The monoisotopic (exact) mass is 276 g/mol. The van der Waals surface area contributed by atoms with Crippen LogP contribution in [0, 0.1) is 0 Å². The zero-order valence-corrected chi connectivity index (χ0v) is 10.7. The summed E-state index contributed by atoms with van der Waals surface area (Å²) in [6.45, 7) is 0. The SMILES string of the molecule is Cn1cc(-c2cc(C(=O)O)on2)c2c(Cl)cccc21. The maximum absolute atomic E-state index is 10.8. The molecular weight excluding hydrogens is 268 g/mol. The highest BCUT2D eigenvalue weighted by Gasteiger charge is 2.17. The molecule has 5 nitrogen and oxygen atoms in total. The van der Waals surface area contributed by atoms with Crippen molar-refractivity contribution in [3.05, 3.63) is 41.2 Å². The van der Waals surface area contributed by atoms with Crippen molar-refractivity contribution in [2.45, 2.75) is 0 Å². The Labute approximate surface area is 113 Å². The zero-order valence-electron chi connectivity index (χ0n) is 9.92. The molecule has 0 aliphatic carbocycles. The van der Waals surface area contributed by atoms with Crippen molar-refractivity contribution in [2.24, 2.45) is 7.05 Å². The molecule has 0 amide bonds. The predicted molar refractivity (Wildman–Crippen MR) is 70.4 cm³/mol. The lowest BCUT2D eigenvalue weighted by Gasteiger charge is -1.97. The largest absolute Gasteiger partial charge is 0.475 e. The van der Waals surface area contributed by atoms with E-state index in [-0.39, 0.29) is 5.76 Å². The molecule has 1 aromatic carbocycles. The first-order valence-electron chi connectivity index (χ1n) is 5.52. The van der Waals surface area contributed by atoms with Crippen LogP contribution in [0.3, 0.4) is 0 Å². The Balaban J connectivity index is 2.27. The second-order valence-corrected chi connectivity index (χ2v) is 4.58. The molecule has 3 aromatic rings. The van der Waals surface area contributed by atoms with E-state index >= 15 is 0 Å². The molecule has 2 aromatic heterocycles. The number of aromatic carboxylic acids is 1. The summed E-state index contributed by atoms with van der Waals surface area (Å²) in [5.41, 5.74) is 2.15. The van der Waals surface area contributed by atoms with E-state index in [4.69, 9.17) is 21.2 Å². The predicted octanol–water partition coefficient (Wildman–Crippen LogP) is 3.18. The number of halogens is 1. The highest BCUT2D eigenvalue weighted by molar-refractivity contribution is 6.36. The lowest BCUT2D eigenvalue weighted by atomic mass is 10.1. The summed E-state index contributed by atoms with van der Waals surface area (Å²) in [5.74, 6) is -1.34. The van der Waals surface area contributed by atoms with Gasteiger partial charge in [0.1, 0.15) is 5.69 Å². The van der Waals surface area contributed by atoms with Gasteiger partial charge in [-0.1, -0.05) is 22.8 Å². The standard InChI is InChI=1S/C13H9ClN2O3/c1-16-6-7(9-5-11(13(17)18)19-15-9)12-8(14)3-2-4-10(12)16/h2-6H,1H3,(H,17,18). The smallest absolute Gasteiger partial charge is 0.374 e. The van der Waals surface area contributed by atoms with E-state index in [9.17, 15) is 4.79 Å². The van der Waals surface area contributed by atoms with Gasteiger partial charge in [-0.15, -0.1) is 0 Å². The summed E-state index contributed by atoms with van der Waals surface area (Å²) in [5, 5.41) is 14.1. The number of hydrogen-bond donors (Lipinski definition) is 1. The van der Waals surface area contributed by atoms with Gasteiger partial charge in [-0.2, -0.15) is 0 Å². The molecule has 1 N–H and O–H groups in total. The van der Waals surface area contributed by atoms with E-state index in [2.05, 4.69) is 5.16 Å². The fourth-order valence-electron chi connectivity index (χ4n) is 2.10. The third kappa shape index (κ3) is 1.79. The van der Waals surface area contributed by atoms with Gasteiger partial charge in [0.2, 0.25) is 5.76 Å². The van der Waals surface area contributed by atoms with E-state index in [0.717, 1.165) is 16.5 Å². The minimum atomic E-state index is -1.15. The lowest BCUT2D eigenvalue weighted by Crippen LogP contribution is -1.91. The van der Waals surface area contributed by atoms with Crippen LogP contribution in [0.2, 0.25) is 5.02 Å². The first-order valence-corrected chi connectivity index (χ1v) is 5.89. The maximum Gasteiger partial charge on any atom is 0.374 e. The highest BCUT2D eigenvalue weighted by atomic mass is 35.5. The minimum Gasteiger partial charge on any atom is -0.475 e. The van der Waals surface area contributed by atoms with E-state index in [0.29, 0.717) is 10.7 Å². The normalized spacial score (nSPS) is 11.1. The van der Waals surface area contributed by atoms with E-state index in [1.807, 2.05) is 29.9 Å². The van der Waals surface area contributed by atoms with E-state index in [1.54, 1.807) is 6.07 Å². The Hall–Kier alpha value is -2.27. The summed E-state index contributed by atoms with van der Waals surface area (Å²) in [6.07, 6.45) is 1.85. The number of carboxylic acids is 1. The quantitative estimate of drug-likeness (QED) is 0.780. The molecule has 19 heavy (non-hydrogen) atoms. The zero-order chi connectivity index (χ0) is 13.6. The Bertz CT molecular complexity index is 788. The Morgan fingerprint density at radius 3 is 2.95 bits per heavy atom. The van der Waals surface area contributed by atoms with Crippen LogP contribution in [0.4, 0.5) is 0 Å². The summed E-state index contributed by atoms with van der Waals surface area (Å²) < 4.78 is 6.69. The van der Waals surface area contributed by atoms with Gasteiger partial charge in [0.05, 0.1) is 5.02 Å². The van der Waals surface area contributed by atoms with Crippen molar-refractivity contribution in [1.29, 1.82) is 0 Å². The van der Waals surface area contributed by atoms with Gasteiger partial charge in [0, 0.05) is 35.8 Å². The van der Waals surface area contributed by atoms with Crippen LogP contribution in [0.25, 0.3) is 22.2 Å². The van der Waals surface area contributed by atoms with Crippen LogP contribution in [0.5, 0.6) is 0 Å². The molecule has 3 rings (SSSR count). The molecule has 0 fully saturated rings. The first-order chi connectivity index (χ1) is 9.08. The van der Waals surface area contributed by atoms with Crippen molar-refractivity contribution in [1.82, 2.24) is 9.72 Å². The number of rotatable bonds is 2. The number of hydrogen-bond acceptors (Lipinski definition) is 3. The van der Waals surface area contributed by atoms with Gasteiger partial charge in [0.25, 0.3) is 0 Å². The van der Waals surface area contributed by atoms with E-state index < -0.39 is 5.97 Å². The fourth-order valence-corrected chi connectivity index (χ4v) is 2.37. The molecule has 0 radical (unpaired) electrons. The topological polar surface area (TPSA) is 68.3 Å². The number of carbonyl (C=O) groups is 1. The number of aryl methyl sites for hydroxylation is 1. The van der Waals surface area contributed by atoms with Gasteiger partial charge in [-0.25, -0.2) is 4.79 Å². The van der Waals surface area contributed by atoms with Gasteiger partial charge in [0.15, 0.2) is 0 Å². The highest BCUT2D eigenvalue weighted by Crippen LogP contribution is 2.34. The Kier molecular flexibility index (Phi) is 2.57. The molecule has 0 atom stereocenters. The van der Waals surface area contributed by atoms with Crippen molar-refractivity contribution in [3.8, 4) is 11.3 Å². The van der Waals surface area contributed by atoms with Crippen LogP contribution in [0.15, 0.2) is 35.0 Å². The van der Waals surface area contributed by atoms with E-state index in [1.165, 1.54) is 6.07 Å². The van der Waals surface area contributed by atoms with Crippen molar-refractivity contribution in [2.75, 3.05) is 0 Å². The van der Waals surface area contributed by atoms with Crippen molar-refractivity contribution >= 4 is 28.5 Å². The van der Waals surface area contributed by atoms with Crippen LogP contribution in [0.1, 0.15) is 10.6 Å². The molecule has 0 aliphatic heterocycles. The van der Waals surface area contributed by atoms with Gasteiger partial charge >= 0.3 is 5.97 Å². The van der Waals surface area contributed by atoms with Crippen molar-refractivity contribution in [3.63, 3.8) is 0 Å². The average molecular weight is 277 g/mol. The van der Waals surface area contributed by atoms with Gasteiger partial charge < -0.3 is 14.2 Å². The van der Waals surface area contributed by atoms with Crippen molar-refractivity contribution < 1.29 is 14.4 Å². The number of nitrogens with zero attached hydrogens (tertiary/aromatic N) is 2. The molecule has 2 heterocycles. The molecule has 0 bridgehead atoms. The summed E-state index contributed by atoms with van der Waals surface area (Å²) in [4.78, 5) is 10.8. The second kappa shape index (κ2) is 4.13. The Morgan fingerprint density at radius 1 is 1.47 bits per heavy atom. The molecular formula is C13H9ClN2O3. The van der Waals surface area contributed by atoms with Gasteiger partial charge in [-0.05, 0) is 12.1 Å². The molecule has 6 heteroatoms. The fraction of sp³-hybridized carbons (Fsp3) is 0.0769. The van der Waals surface area contributed by atoms with Crippen LogP contribution in [-0.4, -0.2) is 20.8 Å². The Morgan fingerprint density at radius 2 is 2.26 bits per heavy atom. The summed E-state index contributed by atoms with van der Waals surface area (Å²) in [6, 6.07) is 6.97. The number of benzene rings is 1. The first kappa shape index (κ1) is 11.8. The minimum absolute atomic E-state index is 0.195. The third-order valence-electron chi connectivity index (χ3n) is 2.96. The molecule has 0 spiro atoms. The maximum atomic E-state index is 10.8. The molecule has 0 saturated carbocycles. The summed E-state index contributed by atoms with van der Waals surface area (Å²) in [7, 11) is 1.89. The van der Waals surface area contributed by atoms with Crippen LogP contribution in [-0.2, 0) is 7.05 Å². The molecule has 96 valence electrons.